The van der Waals surface area contributed by atoms with Gasteiger partial charge in [0.05, 0.1) is 17.0 Å². The molecule has 92 valence electrons. The van der Waals surface area contributed by atoms with Crippen molar-refractivity contribution >= 4 is 52.4 Å². The molecule has 0 aliphatic rings. The van der Waals surface area contributed by atoms with E-state index in [1.807, 2.05) is 12.1 Å². The van der Waals surface area contributed by atoms with E-state index in [0.29, 0.717) is 10.7 Å². The number of aliphatic imine (C=N–C) groups is 1. The number of rotatable bonds is 4. The normalized spacial score (nSPS) is 10.8. The van der Waals surface area contributed by atoms with E-state index in [-0.39, 0.29) is 0 Å². The van der Waals surface area contributed by atoms with E-state index in [9.17, 15) is 4.79 Å². The number of benzene rings is 1. The molecule has 1 amide bonds. The summed E-state index contributed by atoms with van der Waals surface area (Å²) in [4.78, 5) is 17.0. The van der Waals surface area contributed by atoms with Crippen molar-refractivity contribution in [2.75, 3.05) is 12.8 Å². The molecular formula is C11H12Cl2N2OS. The lowest BCUT2D eigenvalue weighted by atomic mass is 10.3. The van der Waals surface area contributed by atoms with Gasteiger partial charge in [0, 0.05) is 11.9 Å². The van der Waals surface area contributed by atoms with Crippen molar-refractivity contribution in [1.82, 2.24) is 4.90 Å². The molecule has 0 saturated heterocycles. The van der Waals surface area contributed by atoms with Crippen LogP contribution in [0.4, 0.5) is 10.5 Å². The number of carbonyl (C=O) groups is 1. The molecule has 0 unspecified atom stereocenters. The monoisotopic (exact) mass is 290 g/mol. The van der Waals surface area contributed by atoms with Gasteiger partial charge in [-0.1, -0.05) is 18.5 Å². The van der Waals surface area contributed by atoms with Gasteiger partial charge in [-0.25, -0.2) is 4.99 Å². The van der Waals surface area contributed by atoms with E-state index >= 15 is 0 Å². The number of amides is 1. The Bertz CT molecular complexity index is 437. The molecule has 0 aromatic heterocycles. The van der Waals surface area contributed by atoms with Gasteiger partial charge in [-0.2, -0.15) is 0 Å². The van der Waals surface area contributed by atoms with Gasteiger partial charge in [0.15, 0.2) is 0 Å². The summed E-state index contributed by atoms with van der Waals surface area (Å²) < 4.78 is 0. The first-order valence-electron chi connectivity index (χ1n) is 4.93. The molecule has 0 radical (unpaired) electrons. The minimum atomic E-state index is -0.585. The second-order valence-electron chi connectivity index (χ2n) is 3.16. The molecule has 6 heteroatoms. The second-order valence-corrected chi connectivity index (χ2v) is 5.19. The Balaban J connectivity index is 2.80. The van der Waals surface area contributed by atoms with Crippen LogP contribution >= 0.6 is 35.0 Å². The predicted octanol–water partition coefficient (Wildman–Crippen LogP) is 4.40. The van der Waals surface area contributed by atoms with E-state index in [1.165, 1.54) is 18.3 Å². The fourth-order valence-electron chi connectivity index (χ4n) is 1.04. The van der Waals surface area contributed by atoms with Gasteiger partial charge >= 0.3 is 5.37 Å². The van der Waals surface area contributed by atoms with Crippen LogP contribution in [0.15, 0.2) is 28.1 Å². The largest absolute Gasteiger partial charge is 0.321 e. The molecule has 0 aliphatic carbocycles. The van der Waals surface area contributed by atoms with E-state index in [4.69, 9.17) is 23.2 Å². The van der Waals surface area contributed by atoms with Gasteiger partial charge in [-0.05, 0) is 35.6 Å². The lowest BCUT2D eigenvalue weighted by molar-refractivity contribution is 0.248. The topological polar surface area (TPSA) is 32.7 Å². The maximum absolute atomic E-state index is 10.7. The first kappa shape index (κ1) is 14.4. The highest BCUT2D eigenvalue weighted by atomic mass is 35.5. The summed E-state index contributed by atoms with van der Waals surface area (Å²) in [6, 6.07) is 5.50. The van der Waals surface area contributed by atoms with Crippen LogP contribution < -0.4 is 0 Å². The van der Waals surface area contributed by atoms with Gasteiger partial charge in [0.25, 0.3) is 0 Å². The van der Waals surface area contributed by atoms with Gasteiger partial charge in [0.1, 0.15) is 0 Å². The highest BCUT2D eigenvalue weighted by Gasteiger charge is 2.02. The van der Waals surface area contributed by atoms with Crippen LogP contribution in [-0.4, -0.2) is 29.4 Å². The summed E-state index contributed by atoms with van der Waals surface area (Å²) in [5, 5.41) is 0.0735. The highest BCUT2D eigenvalue weighted by molar-refractivity contribution is 7.99. The fourth-order valence-corrected chi connectivity index (χ4v) is 2.10. The first-order chi connectivity index (χ1) is 8.04. The first-order valence-corrected chi connectivity index (χ1v) is 6.67. The van der Waals surface area contributed by atoms with E-state index in [1.54, 1.807) is 17.8 Å². The van der Waals surface area contributed by atoms with Crippen LogP contribution in [0.2, 0.25) is 5.02 Å². The third kappa shape index (κ3) is 4.58. The number of hydrogen-bond acceptors (Lipinski definition) is 3. The molecule has 0 bridgehead atoms. The van der Waals surface area contributed by atoms with Crippen LogP contribution in [-0.2, 0) is 0 Å². The average molecular weight is 291 g/mol. The van der Waals surface area contributed by atoms with Crippen LogP contribution in [0.3, 0.4) is 0 Å². The van der Waals surface area contributed by atoms with E-state index < -0.39 is 5.37 Å². The lowest BCUT2D eigenvalue weighted by Crippen LogP contribution is -2.17. The standard InChI is InChI=1S/C11H12Cl2N2OS/c1-3-17-10-5-4-8(6-9(10)12)14-7-15(2)11(13)16/h4-7H,3H2,1-2H3. The zero-order valence-corrected chi connectivity index (χ0v) is 11.8. The van der Waals surface area contributed by atoms with Gasteiger partial charge in [-0.3, -0.25) is 9.69 Å². The molecule has 0 heterocycles. The number of hydrogen-bond donors (Lipinski definition) is 0. The summed E-state index contributed by atoms with van der Waals surface area (Å²) in [5.74, 6) is 0.964. The zero-order chi connectivity index (χ0) is 12.8. The lowest BCUT2D eigenvalue weighted by Gasteiger charge is -2.05. The maximum atomic E-state index is 10.7. The zero-order valence-electron chi connectivity index (χ0n) is 9.48. The molecule has 1 aromatic carbocycles. The number of halogens is 2. The summed E-state index contributed by atoms with van der Waals surface area (Å²) in [7, 11) is 1.53. The van der Waals surface area contributed by atoms with Crippen LogP contribution in [0.25, 0.3) is 0 Å². The molecule has 0 atom stereocenters. The van der Waals surface area contributed by atoms with Crippen LogP contribution in [0.1, 0.15) is 6.92 Å². The van der Waals surface area contributed by atoms with Crippen molar-refractivity contribution in [3.8, 4) is 0 Å². The quantitative estimate of drug-likeness (QED) is 0.271. The summed E-state index contributed by atoms with van der Waals surface area (Å²) in [6.45, 7) is 2.06. The summed E-state index contributed by atoms with van der Waals surface area (Å²) in [5.41, 5.74) is 0.681. The van der Waals surface area contributed by atoms with Gasteiger partial charge < -0.3 is 0 Å². The smallest absolute Gasteiger partial charge is 0.292 e. The third-order valence-corrected chi connectivity index (χ3v) is 3.52. The Morgan fingerprint density at radius 3 is 2.82 bits per heavy atom. The molecule has 0 saturated carbocycles. The number of nitrogens with zero attached hydrogens (tertiary/aromatic N) is 2. The Kier molecular flexibility index (Phi) is 5.82. The third-order valence-electron chi connectivity index (χ3n) is 1.87. The van der Waals surface area contributed by atoms with Gasteiger partial charge in [-0.15, -0.1) is 11.8 Å². The van der Waals surface area contributed by atoms with Crippen LogP contribution in [0.5, 0.6) is 0 Å². The average Bonchev–Trinajstić information content (AvgIpc) is 2.29. The maximum Gasteiger partial charge on any atom is 0.321 e. The highest BCUT2D eigenvalue weighted by Crippen LogP contribution is 2.30. The molecule has 17 heavy (non-hydrogen) atoms. The molecule has 0 spiro atoms. The van der Waals surface area contributed by atoms with Crippen LogP contribution in [0, 0.1) is 0 Å². The minimum Gasteiger partial charge on any atom is -0.292 e. The number of thioether (sulfide) groups is 1. The van der Waals surface area contributed by atoms with Crippen molar-refractivity contribution in [1.29, 1.82) is 0 Å². The van der Waals surface area contributed by atoms with Crippen molar-refractivity contribution < 1.29 is 4.79 Å². The Morgan fingerprint density at radius 2 is 2.29 bits per heavy atom. The summed E-state index contributed by atoms with van der Waals surface area (Å²) >= 11 is 13.0. The molecule has 0 fully saturated rings. The SMILES string of the molecule is CCSc1ccc(N=CN(C)C(=O)Cl)cc1Cl. The van der Waals surface area contributed by atoms with Crippen molar-refractivity contribution in [2.24, 2.45) is 4.99 Å². The predicted molar refractivity (Wildman–Crippen MR) is 75.0 cm³/mol. The number of carbonyl (C=O) groups excluding carboxylic acids is 1. The van der Waals surface area contributed by atoms with Crippen molar-refractivity contribution in [3.05, 3.63) is 23.2 Å². The minimum absolute atomic E-state index is 0.585. The Morgan fingerprint density at radius 1 is 1.59 bits per heavy atom. The van der Waals surface area contributed by atoms with Gasteiger partial charge in [0.2, 0.25) is 0 Å². The van der Waals surface area contributed by atoms with Crippen molar-refractivity contribution in [3.63, 3.8) is 0 Å². The van der Waals surface area contributed by atoms with E-state index in [2.05, 4.69) is 11.9 Å². The molecule has 1 rings (SSSR count). The Hall–Kier alpha value is -0.710. The molecule has 1 aromatic rings. The van der Waals surface area contributed by atoms with E-state index in [0.717, 1.165) is 10.6 Å². The van der Waals surface area contributed by atoms with Crippen molar-refractivity contribution in [2.45, 2.75) is 11.8 Å². The molecule has 0 aliphatic heterocycles. The molecule has 0 N–H and O–H groups in total. The second kappa shape index (κ2) is 6.89. The fraction of sp³-hybridized carbons (Fsp3) is 0.273. The summed E-state index contributed by atoms with van der Waals surface area (Å²) in [6.07, 6.45) is 1.35. The molecular weight excluding hydrogens is 279 g/mol. The Labute approximate surface area is 115 Å². The molecule has 3 nitrogen and oxygen atoms in total.